The number of hydrogen-bond acceptors (Lipinski definition) is 6. The van der Waals surface area contributed by atoms with Crippen molar-refractivity contribution < 1.29 is 19.0 Å². The van der Waals surface area contributed by atoms with Gasteiger partial charge in [-0.05, 0) is 36.6 Å². The number of hydrogen-bond donors (Lipinski definition) is 1. The van der Waals surface area contributed by atoms with Crippen LogP contribution in [0.2, 0.25) is 0 Å². The van der Waals surface area contributed by atoms with Crippen LogP contribution in [0.1, 0.15) is 17.5 Å². The summed E-state index contributed by atoms with van der Waals surface area (Å²) in [5.74, 6) is 1.35. The highest BCUT2D eigenvalue weighted by Gasteiger charge is 2.18. The summed E-state index contributed by atoms with van der Waals surface area (Å²) in [4.78, 5) is 14.4. The van der Waals surface area contributed by atoms with E-state index in [4.69, 9.17) is 14.2 Å². The Morgan fingerprint density at radius 2 is 1.89 bits per heavy atom. The van der Waals surface area contributed by atoms with Crippen molar-refractivity contribution in [2.75, 3.05) is 39.3 Å². The summed E-state index contributed by atoms with van der Waals surface area (Å²) in [6.45, 7) is 1.12. The molecule has 0 fully saturated rings. The summed E-state index contributed by atoms with van der Waals surface area (Å²) in [6.07, 6.45) is 3.62. The van der Waals surface area contributed by atoms with Crippen molar-refractivity contribution in [2.24, 2.45) is 5.10 Å². The molecule has 0 bridgehead atoms. The second-order valence-electron chi connectivity index (χ2n) is 6.37. The molecule has 0 saturated heterocycles. The van der Waals surface area contributed by atoms with Gasteiger partial charge in [0.2, 0.25) is 5.75 Å². The van der Waals surface area contributed by atoms with Crippen LogP contribution in [-0.2, 0) is 11.2 Å². The van der Waals surface area contributed by atoms with Crippen molar-refractivity contribution in [3.05, 3.63) is 47.5 Å². The Bertz CT molecular complexity index is 867. The van der Waals surface area contributed by atoms with E-state index in [1.807, 2.05) is 12.1 Å². The molecule has 2 aromatic carbocycles. The van der Waals surface area contributed by atoms with Gasteiger partial charge in [-0.15, -0.1) is 0 Å². The molecule has 1 aliphatic heterocycles. The average Bonchev–Trinajstić information content (AvgIpc) is 2.73. The van der Waals surface area contributed by atoms with E-state index in [9.17, 15) is 4.79 Å². The topological polar surface area (TPSA) is 72.4 Å². The molecule has 0 unspecified atom stereocenters. The van der Waals surface area contributed by atoms with Gasteiger partial charge in [-0.2, -0.15) is 5.10 Å². The SMILES string of the molecule is COc1ccc(/C=N\NC(=O)CN2CCCc3ccccc32)c(OC)c1OC. The number of amides is 1. The first kappa shape index (κ1) is 19.5. The number of anilines is 1. The van der Waals surface area contributed by atoms with Crippen molar-refractivity contribution >= 4 is 17.8 Å². The highest BCUT2D eigenvalue weighted by Crippen LogP contribution is 2.38. The van der Waals surface area contributed by atoms with Crippen LogP contribution in [0.4, 0.5) is 5.69 Å². The van der Waals surface area contributed by atoms with E-state index in [0.717, 1.165) is 25.1 Å². The van der Waals surface area contributed by atoms with Crippen molar-refractivity contribution in [3.8, 4) is 17.2 Å². The molecule has 1 heterocycles. The Labute approximate surface area is 164 Å². The van der Waals surface area contributed by atoms with Crippen molar-refractivity contribution in [1.29, 1.82) is 0 Å². The van der Waals surface area contributed by atoms with Gasteiger partial charge in [0.05, 0.1) is 34.1 Å². The third-order valence-corrected chi connectivity index (χ3v) is 4.67. The standard InChI is InChI=1S/C21H25N3O4/c1-26-18-11-10-16(20(27-2)21(18)28-3)13-22-23-19(25)14-24-12-6-8-15-7-4-5-9-17(15)24/h4-5,7,9-11,13H,6,8,12,14H2,1-3H3,(H,23,25)/b22-13-. The Hall–Kier alpha value is -3.22. The minimum atomic E-state index is -0.174. The number of fused-ring (bicyclic) bond motifs is 1. The van der Waals surface area contributed by atoms with Crippen LogP contribution in [0.15, 0.2) is 41.5 Å². The molecule has 0 aromatic heterocycles. The second-order valence-corrected chi connectivity index (χ2v) is 6.37. The largest absolute Gasteiger partial charge is 0.493 e. The fraction of sp³-hybridized carbons (Fsp3) is 0.333. The number of carbonyl (C=O) groups excluding carboxylic acids is 1. The lowest BCUT2D eigenvalue weighted by atomic mass is 10.0. The summed E-state index contributed by atoms with van der Waals surface area (Å²) >= 11 is 0. The summed E-state index contributed by atoms with van der Waals surface area (Å²) < 4.78 is 16.0. The molecule has 1 aliphatic rings. The summed E-state index contributed by atoms with van der Waals surface area (Å²) in [5.41, 5.74) is 5.66. The molecule has 7 nitrogen and oxygen atoms in total. The summed E-state index contributed by atoms with van der Waals surface area (Å²) in [6, 6.07) is 11.7. The van der Waals surface area contributed by atoms with E-state index < -0.39 is 0 Å². The summed E-state index contributed by atoms with van der Waals surface area (Å²) in [7, 11) is 4.64. The van der Waals surface area contributed by atoms with Crippen LogP contribution >= 0.6 is 0 Å². The highest BCUT2D eigenvalue weighted by molar-refractivity contribution is 5.88. The predicted octanol–water partition coefficient (Wildman–Crippen LogP) is 2.62. The minimum Gasteiger partial charge on any atom is -0.493 e. The maximum Gasteiger partial charge on any atom is 0.259 e. The quantitative estimate of drug-likeness (QED) is 0.588. The maximum absolute atomic E-state index is 12.3. The molecule has 1 N–H and O–H groups in total. The smallest absolute Gasteiger partial charge is 0.259 e. The lowest BCUT2D eigenvalue weighted by Gasteiger charge is -2.30. The molecule has 0 spiro atoms. The first-order valence-corrected chi connectivity index (χ1v) is 9.11. The number of aryl methyl sites for hydroxylation is 1. The van der Waals surface area contributed by atoms with E-state index in [2.05, 4.69) is 27.6 Å². The Morgan fingerprint density at radius 3 is 2.64 bits per heavy atom. The monoisotopic (exact) mass is 383 g/mol. The van der Waals surface area contributed by atoms with Gasteiger partial charge < -0.3 is 19.1 Å². The van der Waals surface area contributed by atoms with Crippen LogP contribution in [0.5, 0.6) is 17.2 Å². The van der Waals surface area contributed by atoms with Gasteiger partial charge in [-0.1, -0.05) is 18.2 Å². The van der Waals surface area contributed by atoms with Gasteiger partial charge in [-0.25, -0.2) is 5.43 Å². The molecule has 0 radical (unpaired) electrons. The van der Waals surface area contributed by atoms with Crippen molar-refractivity contribution in [3.63, 3.8) is 0 Å². The average molecular weight is 383 g/mol. The van der Waals surface area contributed by atoms with Crippen LogP contribution in [0, 0.1) is 0 Å². The molecule has 3 rings (SSSR count). The molecular weight excluding hydrogens is 358 g/mol. The zero-order chi connectivity index (χ0) is 19.9. The molecule has 0 saturated carbocycles. The first-order valence-electron chi connectivity index (χ1n) is 9.11. The molecule has 0 aliphatic carbocycles. The predicted molar refractivity (Wildman–Crippen MR) is 109 cm³/mol. The van der Waals surface area contributed by atoms with E-state index in [0.29, 0.717) is 22.8 Å². The summed E-state index contributed by atoms with van der Waals surface area (Å²) in [5, 5.41) is 4.07. The van der Waals surface area contributed by atoms with Crippen LogP contribution in [0.3, 0.4) is 0 Å². The number of nitrogens with zero attached hydrogens (tertiary/aromatic N) is 2. The first-order chi connectivity index (χ1) is 13.7. The maximum atomic E-state index is 12.3. The molecule has 148 valence electrons. The number of ether oxygens (including phenoxy) is 3. The molecule has 7 heteroatoms. The minimum absolute atomic E-state index is 0.174. The Balaban J connectivity index is 1.66. The number of nitrogens with one attached hydrogen (secondary N) is 1. The van der Waals surface area contributed by atoms with Gasteiger partial charge in [0, 0.05) is 17.8 Å². The zero-order valence-corrected chi connectivity index (χ0v) is 16.4. The Morgan fingerprint density at radius 1 is 1.11 bits per heavy atom. The number of para-hydroxylation sites is 1. The molecule has 0 atom stereocenters. The van der Waals surface area contributed by atoms with Gasteiger partial charge in [0.1, 0.15) is 0 Å². The van der Waals surface area contributed by atoms with Crippen LogP contribution < -0.4 is 24.5 Å². The second kappa shape index (κ2) is 9.12. The van der Waals surface area contributed by atoms with Gasteiger partial charge >= 0.3 is 0 Å². The number of hydrazone groups is 1. The molecule has 2 aromatic rings. The van der Waals surface area contributed by atoms with Gasteiger partial charge in [0.15, 0.2) is 11.5 Å². The number of carbonyl (C=O) groups is 1. The molecule has 28 heavy (non-hydrogen) atoms. The van der Waals surface area contributed by atoms with E-state index in [-0.39, 0.29) is 12.5 Å². The van der Waals surface area contributed by atoms with E-state index in [1.165, 1.54) is 11.8 Å². The third-order valence-electron chi connectivity index (χ3n) is 4.67. The van der Waals surface area contributed by atoms with Crippen molar-refractivity contribution in [2.45, 2.75) is 12.8 Å². The number of benzene rings is 2. The lowest BCUT2D eigenvalue weighted by Crippen LogP contribution is -2.38. The lowest BCUT2D eigenvalue weighted by molar-refractivity contribution is -0.119. The highest BCUT2D eigenvalue weighted by atomic mass is 16.5. The normalized spacial score (nSPS) is 13.2. The van der Waals surface area contributed by atoms with Gasteiger partial charge in [-0.3, -0.25) is 4.79 Å². The fourth-order valence-electron chi connectivity index (χ4n) is 3.38. The molecular formula is C21H25N3O4. The number of methoxy groups -OCH3 is 3. The van der Waals surface area contributed by atoms with E-state index >= 15 is 0 Å². The third kappa shape index (κ3) is 4.19. The number of rotatable bonds is 7. The van der Waals surface area contributed by atoms with Gasteiger partial charge in [0.25, 0.3) is 5.91 Å². The zero-order valence-electron chi connectivity index (χ0n) is 16.4. The fourth-order valence-corrected chi connectivity index (χ4v) is 3.38. The van der Waals surface area contributed by atoms with E-state index in [1.54, 1.807) is 33.5 Å². The van der Waals surface area contributed by atoms with Crippen LogP contribution in [0.25, 0.3) is 0 Å². The van der Waals surface area contributed by atoms with Crippen molar-refractivity contribution in [1.82, 2.24) is 5.43 Å². The molecule has 1 amide bonds. The Kier molecular flexibility index (Phi) is 6.37. The van der Waals surface area contributed by atoms with Crippen LogP contribution in [-0.4, -0.2) is 46.5 Å².